The van der Waals surface area contributed by atoms with Crippen LogP contribution in [0.25, 0.3) is 0 Å². The molecule has 0 radical (unpaired) electrons. The highest BCUT2D eigenvalue weighted by Crippen LogP contribution is 2.29. The molecule has 1 atom stereocenters. The molecule has 2 N–H and O–H groups in total. The number of hydrogen-bond acceptors (Lipinski definition) is 2. The maximum absolute atomic E-state index is 9.83. The molecule has 96 valence electrons. The van der Waals surface area contributed by atoms with E-state index in [9.17, 15) is 5.11 Å². The summed E-state index contributed by atoms with van der Waals surface area (Å²) in [5.74, 6) is 1.88. The second-order valence-electron chi connectivity index (χ2n) is 5.94. The molecule has 1 rings (SSSR count). The Morgan fingerprint density at radius 2 is 1.88 bits per heavy atom. The van der Waals surface area contributed by atoms with Crippen LogP contribution in [0.4, 0.5) is 0 Å². The van der Waals surface area contributed by atoms with E-state index < -0.39 is 5.60 Å². The minimum absolute atomic E-state index is 0.527. The summed E-state index contributed by atoms with van der Waals surface area (Å²) in [5.41, 5.74) is -0.527. The fraction of sp³-hybridized carbons (Fsp3) is 1.00. The van der Waals surface area contributed by atoms with Crippen molar-refractivity contribution >= 4 is 0 Å². The lowest BCUT2D eigenvalue weighted by Gasteiger charge is -2.27. The third-order valence-corrected chi connectivity index (χ3v) is 4.13. The van der Waals surface area contributed by atoms with Crippen LogP contribution in [0.3, 0.4) is 0 Å². The van der Waals surface area contributed by atoms with Crippen molar-refractivity contribution in [3.05, 3.63) is 0 Å². The van der Waals surface area contributed by atoms with Crippen LogP contribution in [0.1, 0.15) is 59.3 Å². The molecular weight excluding hydrogens is 198 g/mol. The zero-order chi connectivity index (χ0) is 12.0. The Hall–Kier alpha value is -0.0800. The van der Waals surface area contributed by atoms with Gasteiger partial charge in [0.25, 0.3) is 0 Å². The van der Waals surface area contributed by atoms with Crippen LogP contribution >= 0.6 is 0 Å². The number of hydrogen-bond donors (Lipinski definition) is 2. The van der Waals surface area contributed by atoms with Gasteiger partial charge in [0.2, 0.25) is 0 Å². The van der Waals surface area contributed by atoms with Gasteiger partial charge in [0.1, 0.15) is 0 Å². The van der Waals surface area contributed by atoms with Gasteiger partial charge in [0.15, 0.2) is 0 Å². The van der Waals surface area contributed by atoms with Crippen LogP contribution in [0.15, 0.2) is 0 Å². The number of aliphatic hydroxyl groups is 1. The van der Waals surface area contributed by atoms with Crippen molar-refractivity contribution < 1.29 is 5.11 Å². The predicted molar refractivity (Wildman–Crippen MR) is 69.5 cm³/mol. The quantitative estimate of drug-likeness (QED) is 0.684. The third kappa shape index (κ3) is 5.31. The van der Waals surface area contributed by atoms with Gasteiger partial charge < -0.3 is 10.4 Å². The van der Waals surface area contributed by atoms with E-state index in [-0.39, 0.29) is 0 Å². The molecule has 1 fully saturated rings. The van der Waals surface area contributed by atoms with Gasteiger partial charge in [-0.3, -0.25) is 0 Å². The first-order valence-corrected chi connectivity index (χ1v) is 6.96. The molecule has 0 spiro atoms. The Kier molecular flexibility index (Phi) is 5.77. The summed E-state index contributed by atoms with van der Waals surface area (Å²) in [6.07, 6.45) is 7.75. The van der Waals surface area contributed by atoms with Gasteiger partial charge in [-0.2, -0.15) is 0 Å². The predicted octanol–water partition coefficient (Wildman–Crippen LogP) is 2.95. The number of rotatable bonds is 6. The second-order valence-corrected chi connectivity index (χ2v) is 5.94. The summed E-state index contributed by atoms with van der Waals surface area (Å²) in [7, 11) is 0. The van der Waals surface area contributed by atoms with E-state index in [1.54, 1.807) is 0 Å². The summed E-state index contributed by atoms with van der Waals surface area (Å²) in [5, 5.41) is 13.2. The molecule has 0 heterocycles. The molecule has 16 heavy (non-hydrogen) atoms. The average Bonchev–Trinajstić information content (AvgIpc) is 2.27. The first-order chi connectivity index (χ1) is 7.53. The molecule has 1 aliphatic rings. The van der Waals surface area contributed by atoms with E-state index in [0.717, 1.165) is 31.3 Å². The monoisotopic (exact) mass is 227 g/mol. The molecule has 2 nitrogen and oxygen atoms in total. The van der Waals surface area contributed by atoms with Gasteiger partial charge in [0.05, 0.1) is 5.60 Å². The molecule has 0 bridgehead atoms. The highest BCUT2D eigenvalue weighted by molar-refractivity contribution is 4.75. The summed E-state index contributed by atoms with van der Waals surface area (Å²) < 4.78 is 0. The molecule has 1 aliphatic carbocycles. The Balaban J connectivity index is 2.03. The largest absolute Gasteiger partial charge is 0.389 e. The van der Waals surface area contributed by atoms with Gasteiger partial charge in [-0.05, 0) is 38.1 Å². The minimum atomic E-state index is -0.527. The average molecular weight is 227 g/mol. The van der Waals surface area contributed by atoms with Gasteiger partial charge in [-0.1, -0.05) is 39.5 Å². The topological polar surface area (TPSA) is 32.3 Å². The smallest absolute Gasteiger partial charge is 0.0740 e. The molecule has 2 heteroatoms. The standard InChI is InChI=1S/C14H29NO/c1-4-14(3,16)11-15-10-9-13-7-5-12(2)6-8-13/h12-13,15-16H,4-11H2,1-3H3. The van der Waals surface area contributed by atoms with E-state index in [0.29, 0.717) is 0 Å². The second kappa shape index (κ2) is 6.61. The fourth-order valence-corrected chi connectivity index (χ4v) is 2.41. The van der Waals surface area contributed by atoms with Crippen LogP contribution in [0, 0.1) is 11.8 Å². The molecule has 0 saturated heterocycles. The van der Waals surface area contributed by atoms with Crippen LogP contribution in [0.5, 0.6) is 0 Å². The minimum Gasteiger partial charge on any atom is -0.389 e. The van der Waals surface area contributed by atoms with Gasteiger partial charge in [0, 0.05) is 6.54 Å². The Labute approximate surface area is 101 Å². The Morgan fingerprint density at radius 3 is 2.44 bits per heavy atom. The van der Waals surface area contributed by atoms with Gasteiger partial charge in [-0.25, -0.2) is 0 Å². The lowest BCUT2D eigenvalue weighted by atomic mass is 9.81. The van der Waals surface area contributed by atoms with E-state index in [1.807, 2.05) is 13.8 Å². The molecule has 0 aromatic rings. The summed E-state index contributed by atoms with van der Waals surface area (Å²) in [6, 6.07) is 0. The lowest BCUT2D eigenvalue weighted by molar-refractivity contribution is 0.0555. The van der Waals surface area contributed by atoms with Crippen molar-refractivity contribution in [1.29, 1.82) is 0 Å². The molecule has 0 amide bonds. The maximum Gasteiger partial charge on any atom is 0.0740 e. The maximum atomic E-state index is 9.83. The van der Waals surface area contributed by atoms with E-state index in [1.165, 1.54) is 32.1 Å². The lowest BCUT2D eigenvalue weighted by Crippen LogP contribution is -2.38. The van der Waals surface area contributed by atoms with Crippen molar-refractivity contribution in [3.63, 3.8) is 0 Å². The molecule has 1 saturated carbocycles. The van der Waals surface area contributed by atoms with Crippen LogP contribution < -0.4 is 5.32 Å². The van der Waals surface area contributed by atoms with Crippen molar-refractivity contribution in [1.82, 2.24) is 5.32 Å². The van der Waals surface area contributed by atoms with E-state index >= 15 is 0 Å². The fourth-order valence-electron chi connectivity index (χ4n) is 2.41. The van der Waals surface area contributed by atoms with E-state index in [2.05, 4.69) is 12.2 Å². The summed E-state index contributed by atoms with van der Waals surface area (Å²) in [6.45, 7) is 8.10. The van der Waals surface area contributed by atoms with Crippen molar-refractivity contribution in [3.8, 4) is 0 Å². The summed E-state index contributed by atoms with van der Waals surface area (Å²) >= 11 is 0. The number of nitrogens with one attached hydrogen (secondary N) is 1. The first kappa shape index (κ1) is 14.0. The summed E-state index contributed by atoms with van der Waals surface area (Å²) in [4.78, 5) is 0. The zero-order valence-corrected chi connectivity index (χ0v) is 11.3. The van der Waals surface area contributed by atoms with Crippen LogP contribution in [-0.4, -0.2) is 23.8 Å². The first-order valence-electron chi connectivity index (χ1n) is 6.96. The normalized spacial score (nSPS) is 30.0. The van der Waals surface area contributed by atoms with Gasteiger partial charge in [-0.15, -0.1) is 0 Å². The Bertz CT molecular complexity index is 183. The Morgan fingerprint density at radius 1 is 1.25 bits per heavy atom. The highest BCUT2D eigenvalue weighted by atomic mass is 16.3. The molecule has 0 aliphatic heterocycles. The molecule has 1 unspecified atom stereocenters. The third-order valence-electron chi connectivity index (χ3n) is 4.13. The van der Waals surface area contributed by atoms with Crippen molar-refractivity contribution in [2.24, 2.45) is 11.8 Å². The molecule has 0 aromatic carbocycles. The van der Waals surface area contributed by atoms with Crippen LogP contribution in [-0.2, 0) is 0 Å². The van der Waals surface area contributed by atoms with E-state index in [4.69, 9.17) is 0 Å². The molecular formula is C14H29NO. The van der Waals surface area contributed by atoms with Gasteiger partial charge >= 0.3 is 0 Å². The van der Waals surface area contributed by atoms with Crippen molar-refractivity contribution in [2.75, 3.05) is 13.1 Å². The van der Waals surface area contributed by atoms with Crippen LogP contribution in [0.2, 0.25) is 0 Å². The SMILES string of the molecule is CCC(C)(O)CNCCC1CCC(C)CC1. The highest BCUT2D eigenvalue weighted by Gasteiger charge is 2.19. The zero-order valence-electron chi connectivity index (χ0n) is 11.3. The molecule has 0 aromatic heterocycles. The van der Waals surface area contributed by atoms with Crippen molar-refractivity contribution in [2.45, 2.75) is 64.9 Å².